The van der Waals surface area contributed by atoms with E-state index in [0.29, 0.717) is 0 Å². The molecule has 0 radical (unpaired) electrons. The van der Waals surface area contributed by atoms with Crippen LogP contribution < -0.4 is 0 Å². The van der Waals surface area contributed by atoms with E-state index in [9.17, 15) is 0 Å². The summed E-state index contributed by atoms with van der Waals surface area (Å²) in [6.45, 7) is 5.97. The van der Waals surface area contributed by atoms with Crippen molar-refractivity contribution in [1.82, 2.24) is 4.90 Å². The molecular weight excluding hydrogens is 178 g/mol. The number of likely N-dealkylation sites (tertiary alicyclic amines) is 1. The van der Waals surface area contributed by atoms with Crippen LogP contribution in [-0.2, 0) is 6.54 Å². The number of hydrogen-bond donors (Lipinski definition) is 0. The highest BCUT2D eigenvalue weighted by Crippen LogP contribution is 2.19. The molecule has 0 aliphatic carbocycles. The van der Waals surface area contributed by atoms with E-state index in [1.807, 2.05) is 11.3 Å². The van der Waals surface area contributed by atoms with Crippen LogP contribution >= 0.6 is 11.3 Å². The van der Waals surface area contributed by atoms with Gasteiger partial charge in [-0.1, -0.05) is 6.42 Å². The van der Waals surface area contributed by atoms with Crippen LogP contribution in [0.4, 0.5) is 0 Å². The van der Waals surface area contributed by atoms with Gasteiger partial charge in [-0.05, 0) is 45.0 Å². The summed E-state index contributed by atoms with van der Waals surface area (Å²) in [7, 11) is 0. The van der Waals surface area contributed by atoms with Gasteiger partial charge in [0.05, 0.1) is 0 Å². The number of rotatable bonds is 2. The molecule has 1 aliphatic heterocycles. The number of hydrogen-bond acceptors (Lipinski definition) is 2. The monoisotopic (exact) mass is 195 g/mol. The molecule has 1 nitrogen and oxygen atoms in total. The van der Waals surface area contributed by atoms with Gasteiger partial charge in [-0.3, -0.25) is 4.90 Å². The second kappa shape index (κ2) is 4.25. The quantitative estimate of drug-likeness (QED) is 0.701. The Hall–Kier alpha value is -0.340. The third-order valence-corrected chi connectivity index (χ3v) is 3.61. The minimum absolute atomic E-state index is 1.18. The molecule has 0 amide bonds. The normalized spacial score (nSPS) is 19.2. The molecule has 1 aromatic heterocycles. The molecule has 13 heavy (non-hydrogen) atoms. The summed E-state index contributed by atoms with van der Waals surface area (Å²) in [5, 5.41) is 0. The predicted molar refractivity (Wildman–Crippen MR) is 58.2 cm³/mol. The first-order chi connectivity index (χ1) is 6.34. The van der Waals surface area contributed by atoms with Gasteiger partial charge in [-0.25, -0.2) is 0 Å². The van der Waals surface area contributed by atoms with Crippen LogP contribution in [0.3, 0.4) is 0 Å². The molecule has 0 aromatic carbocycles. The number of aryl methyl sites for hydroxylation is 1. The Labute approximate surface area is 84.4 Å². The molecule has 0 N–H and O–H groups in total. The van der Waals surface area contributed by atoms with Gasteiger partial charge in [0.25, 0.3) is 0 Å². The highest BCUT2D eigenvalue weighted by molar-refractivity contribution is 7.11. The van der Waals surface area contributed by atoms with Gasteiger partial charge in [0.15, 0.2) is 0 Å². The van der Waals surface area contributed by atoms with E-state index in [1.165, 1.54) is 48.7 Å². The molecule has 0 spiro atoms. The molecule has 0 saturated carbocycles. The SMILES string of the molecule is Cc1ccc(CN2CCCCC2)s1. The highest BCUT2D eigenvalue weighted by atomic mass is 32.1. The van der Waals surface area contributed by atoms with Crippen LogP contribution in [-0.4, -0.2) is 18.0 Å². The van der Waals surface area contributed by atoms with E-state index in [4.69, 9.17) is 0 Å². The van der Waals surface area contributed by atoms with Gasteiger partial charge in [0, 0.05) is 16.3 Å². The lowest BCUT2D eigenvalue weighted by Crippen LogP contribution is -2.28. The fourth-order valence-corrected chi connectivity index (χ4v) is 2.84. The van der Waals surface area contributed by atoms with Gasteiger partial charge in [0.1, 0.15) is 0 Å². The van der Waals surface area contributed by atoms with Crippen LogP contribution in [0.5, 0.6) is 0 Å². The Balaban J connectivity index is 1.89. The Morgan fingerprint density at radius 1 is 1.23 bits per heavy atom. The lowest BCUT2D eigenvalue weighted by molar-refractivity contribution is 0.222. The zero-order chi connectivity index (χ0) is 9.10. The van der Waals surface area contributed by atoms with Crippen LogP contribution in [0.25, 0.3) is 0 Å². The molecule has 2 rings (SSSR count). The van der Waals surface area contributed by atoms with Gasteiger partial charge >= 0.3 is 0 Å². The fourth-order valence-electron chi connectivity index (χ4n) is 1.91. The van der Waals surface area contributed by atoms with Crippen molar-refractivity contribution < 1.29 is 0 Å². The molecule has 0 bridgehead atoms. The van der Waals surface area contributed by atoms with Gasteiger partial charge in [-0.2, -0.15) is 0 Å². The summed E-state index contributed by atoms with van der Waals surface area (Å²) in [5.41, 5.74) is 0. The van der Waals surface area contributed by atoms with Crippen molar-refractivity contribution in [2.45, 2.75) is 32.7 Å². The van der Waals surface area contributed by atoms with Crippen molar-refractivity contribution >= 4 is 11.3 Å². The second-order valence-electron chi connectivity index (χ2n) is 3.85. The molecule has 72 valence electrons. The molecule has 1 aromatic rings. The Morgan fingerprint density at radius 3 is 2.62 bits per heavy atom. The van der Waals surface area contributed by atoms with Crippen molar-refractivity contribution in [3.63, 3.8) is 0 Å². The fraction of sp³-hybridized carbons (Fsp3) is 0.636. The molecule has 1 fully saturated rings. The van der Waals surface area contributed by atoms with Crippen molar-refractivity contribution in [1.29, 1.82) is 0 Å². The highest BCUT2D eigenvalue weighted by Gasteiger charge is 2.10. The molecule has 0 atom stereocenters. The van der Waals surface area contributed by atoms with Gasteiger partial charge in [0.2, 0.25) is 0 Å². The second-order valence-corrected chi connectivity index (χ2v) is 5.22. The maximum atomic E-state index is 2.58. The molecule has 2 heteroatoms. The lowest BCUT2D eigenvalue weighted by atomic mass is 10.1. The van der Waals surface area contributed by atoms with Crippen molar-refractivity contribution in [3.05, 3.63) is 21.9 Å². The summed E-state index contributed by atoms with van der Waals surface area (Å²) in [4.78, 5) is 5.54. The third-order valence-electron chi connectivity index (χ3n) is 2.62. The van der Waals surface area contributed by atoms with Crippen molar-refractivity contribution in [3.8, 4) is 0 Å². The first-order valence-corrected chi connectivity index (χ1v) is 5.94. The van der Waals surface area contributed by atoms with E-state index in [0.717, 1.165) is 0 Å². The first-order valence-electron chi connectivity index (χ1n) is 5.12. The molecule has 2 heterocycles. The van der Waals surface area contributed by atoms with E-state index in [1.54, 1.807) is 0 Å². The van der Waals surface area contributed by atoms with Gasteiger partial charge < -0.3 is 0 Å². The number of thiophene rings is 1. The molecule has 1 aliphatic rings. The predicted octanol–water partition coefficient (Wildman–Crippen LogP) is 3.04. The largest absolute Gasteiger partial charge is 0.298 e. The zero-order valence-corrected chi connectivity index (χ0v) is 9.07. The maximum absolute atomic E-state index is 2.58. The Bertz CT molecular complexity index is 261. The summed E-state index contributed by atoms with van der Waals surface area (Å²) in [6.07, 6.45) is 4.22. The van der Waals surface area contributed by atoms with Crippen molar-refractivity contribution in [2.24, 2.45) is 0 Å². The number of piperidine rings is 1. The standard InChI is InChI=1S/C11H17NS/c1-10-5-6-11(13-10)9-12-7-3-2-4-8-12/h5-6H,2-4,7-9H2,1H3. The molecular formula is C11H17NS. The van der Waals surface area contributed by atoms with Crippen LogP contribution in [0.1, 0.15) is 29.0 Å². The first kappa shape index (κ1) is 9.22. The minimum atomic E-state index is 1.18. The van der Waals surface area contributed by atoms with Crippen LogP contribution in [0, 0.1) is 6.92 Å². The molecule has 0 unspecified atom stereocenters. The van der Waals surface area contributed by atoms with Gasteiger partial charge in [-0.15, -0.1) is 11.3 Å². The summed E-state index contributed by atoms with van der Waals surface area (Å²) < 4.78 is 0. The average molecular weight is 195 g/mol. The Kier molecular flexibility index (Phi) is 3.01. The zero-order valence-electron chi connectivity index (χ0n) is 8.25. The van der Waals surface area contributed by atoms with Crippen LogP contribution in [0.15, 0.2) is 12.1 Å². The third kappa shape index (κ3) is 2.55. The summed E-state index contributed by atoms with van der Waals surface area (Å²) >= 11 is 1.94. The lowest BCUT2D eigenvalue weighted by Gasteiger charge is -2.25. The smallest absolute Gasteiger partial charge is 0.0328 e. The van der Waals surface area contributed by atoms with E-state index >= 15 is 0 Å². The topological polar surface area (TPSA) is 3.24 Å². The van der Waals surface area contributed by atoms with E-state index < -0.39 is 0 Å². The average Bonchev–Trinajstić information content (AvgIpc) is 2.53. The number of nitrogens with zero attached hydrogens (tertiary/aromatic N) is 1. The maximum Gasteiger partial charge on any atom is 0.0328 e. The Morgan fingerprint density at radius 2 is 2.00 bits per heavy atom. The van der Waals surface area contributed by atoms with Crippen LogP contribution in [0.2, 0.25) is 0 Å². The van der Waals surface area contributed by atoms with Crippen molar-refractivity contribution in [2.75, 3.05) is 13.1 Å². The molecule has 1 saturated heterocycles. The summed E-state index contributed by atoms with van der Waals surface area (Å²) in [5.74, 6) is 0. The van der Waals surface area contributed by atoms with E-state index in [-0.39, 0.29) is 0 Å². The van der Waals surface area contributed by atoms with E-state index in [2.05, 4.69) is 24.0 Å². The summed E-state index contributed by atoms with van der Waals surface area (Å²) in [6, 6.07) is 4.50. The minimum Gasteiger partial charge on any atom is -0.298 e.